The fourth-order valence-corrected chi connectivity index (χ4v) is 4.32. The zero-order valence-corrected chi connectivity index (χ0v) is 18.6. The molecule has 1 heterocycles. The molecule has 0 saturated carbocycles. The highest BCUT2D eigenvalue weighted by Gasteiger charge is 2.18. The minimum absolute atomic E-state index is 0.113. The molecule has 0 bridgehead atoms. The average Bonchev–Trinajstić information content (AvgIpc) is 2.97. The van der Waals surface area contributed by atoms with E-state index in [1.54, 1.807) is 35.1 Å². The third-order valence-corrected chi connectivity index (χ3v) is 6.40. The van der Waals surface area contributed by atoms with Gasteiger partial charge in [0, 0.05) is 6.20 Å². The molecule has 1 aromatic heterocycles. The molecule has 0 spiro atoms. The number of hydrogen-bond donors (Lipinski definition) is 1. The lowest BCUT2D eigenvalue weighted by Gasteiger charge is -2.08. The Hall–Kier alpha value is -1.74. The van der Waals surface area contributed by atoms with E-state index in [1.165, 1.54) is 12.1 Å². The van der Waals surface area contributed by atoms with E-state index < -0.39 is 10.0 Å². The number of aromatic nitrogens is 2. The Balaban J connectivity index is 1.77. The maximum Gasteiger partial charge on any atom is 0.263 e. The van der Waals surface area contributed by atoms with E-state index in [0.717, 1.165) is 5.56 Å². The number of hydrogen-bond acceptors (Lipinski definition) is 4. The molecule has 3 rings (SSSR count). The highest BCUT2D eigenvalue weighted by Crippen LogP contribution is 2.26. The minimum Gasteiger partial charge on any atom is -0.494 e. The van der Waals surface area contributed by atoms with Crippen molar-refractivity contribution in [1.82, 2.24) is 9.78 Å². The lowest BCUT2D eigenvalue weighted by Crippen LogP contribution is -2.14. The van der Waals surface area contributed by atoms with Crippen LogP contribution in [0.3, 0.4) is 0 Å². The first kappa shape index (κ1) is 21.0. The van der Waals surface area contributed by atoms with Gasteiger partial charge in [-0.15, -0.1) is 0 Å². The number of nitrogens with one attached hydrogen (secondary N) is 1. The Labute approximate surface area is 181 Å². The molecule has 0 aliphatic heterocycles. The summed E-state index contributed by atoms with van der Waals surface area (Å²) in [5.74, 6) is 0.794. The molecule has 0 aliphatic carbocycles. The van der Waals surface area contributed by atoms with Crippen LogP contribution in [0, 0.1) is 0 Å². The minimum atomic E-state index is -3.79. The standard InChI is InChI=1S/C18H16BrCl2N3O3S/c1-2-27-13-4-6-14(7-5-13)28(25,26)23-18-15(19)11-24(22-18)10-12-3-8-16(20)17(21)9-12/h3-9,11H,2,10H2,1H3,(H,22,23). The summed E-state index contributed by atoms with van der Waals surface area (Å²) in [6.45, 7) is 2.77. The number of rotatable bonds is 7. The third-order valence-electron chi connectivity index (χ3n) is 3.72. The van der Waals surface area contributed by atoms with Crippen molar-refractivity contribution in [3.05, 3.63) is 68.7 Å². The summed E-state index contributed by atoms with van der Waals surface area (Å²) in [6, 6.07) is 11.4. The first-order chi connectivity index (χ1) is 13.3. The summed E-state index contributed by atoms with van der Waals surface area (Å²) >= 11 is 15.3. The molecule has 0 saturated heterocycles. The van der Waals surface area contributed by atoms with Crippen LogP contribution in [0.1, 0.15) is 12.5 Å². The van der Waals surface area contributed by atoms with Gasteiger partial charge in [-0.25, -0.2) is 8.42 Å². The maximum atomic E-state index is 12.6. The smallest absolute Gasteiger partial charge is 0.263 e. The molecule has 0 aliphatic rings. The van der Waals surface area contributed by atoms with Gasteiger partial charge in [-0.1, -0.05) is 29.3 Å². The lowest BCUT2D eigenvalue weighted by molar-refractivity contribution is 0.340. The highest BCUT2D eigenvalue weighted by molar-refractivity contribution is 9.10. The van der Waals surface area contributed by atoms with Crippen molar-refractivity contribution in [1.29, 1.82) is 0 Å². The summed E-state index contributed by atoms with van der Waals surface area (Å²) in [5, 5.41) is 5.21. The molecule has 0 amide bonds. The van der Waals surface area contributed by atoms with Crippen LogP contribution < -0.4 is 9.46 Å². The number of halogens is 3. The second kappa shape index (κ2) is 8.73. The van der Waals surface area contributed by atoms with Crippen molar-refractivity contribution in [3.8, 4) is 5.75 Å². The van der Waals surface area contributed by atoms with Crippen LogP contribution in [0.25, 0.3) is 0 Å². The molecule has 0 fully saturated rings. The topological polar surface area (TPSA) is 73.2 Å². The van der Waals surface area contributed by atoms with Crippen molar-refractivity contribution in [2.24, 2.45) is 0 Å². The Kier molecular flexibility index (Phi) is 6.54. The molecular formula is C18H16BrCl2N3O3S. The number of ether oxygens (including phenoxy) is 1. The summed E-state index contributed by atoms with van der Waals surface area (Å²) in [4.78, 5) is 0.113. The predicted molar refractivity (Wildman–Crippen MR) is 114 cm³/mol. The number of sulfonamides is 1. The molecular weight excluding hydrogens is 489 g/mol. The van der Waals surface area contributed by atoms with Gasteiger partial charge < -0.3 is 4.74 Å². The fourth-order valence-electron chi connectivity index (χ4n) is 2.44. The molecule has 3 aromatic rings. The molecule has 6 nitrogen and oxygen atoms in total. The summed E-state index contributed by atoms with van der Waals surface area (Å²) in [7, 11) is -3.79. The number of benzene rings is 2. The number of nitrogens with zero attached hydrogens (tertiary/aromatic N) is 2. The molecule has 2 aromatic carbocycles. The van der Waals surface area contributed by atoms with Crippen LogP contribution in [0.5, 0.6) is 5.75 Å². The van der Waals surface area contributed by atoms with E-state index in [4.69, 9.17) is 27.9 Å². The Morgan fingerprint density at radius 1 is 1.14 bits per heavy atom. The summed E-state index contributed by atoms with van der Waals surface area (Å²) in [5.41, 5.74) is 0.880. The number of anilines is 1. The fraction of sp³-hybridized carbons (Fsp3) is 0.167. The zero-order chi connectivity index (χ0) is 20.3. The first-order valence-electron chi connectivity index (χ1n) is 8.21. The lowest BCUT2D eigenvalue weighted by atomic mass is 10.2. The van der Waals surface area contributed by atoms with Crippen molar-refractivity contribution < 1.29 is 13.2 Å². The first-order valence-corrected chi connectivity index (χ1v) is 11.2. The van der Waals surface area contributed by atoms with Gasteiger partial charge in [0.05, 0.1) is 32.6 Å². The van der Waals surface area contributed by atoms with Gasteiger partial charge in [-0.05, 0) is 64.8 Å². The SMILES string of the molecule is CCOc1ccc(S(=O)(=O)Nc2nn(Cc3ccc(Cl)c(Cl)c3)cc2Br)cc1. The van der Waals surface area contributed by atoms with E-state index in [-0.39, 0.29) is 10.7 Å². The monoisotopic (exact) mass is 503 g/mol. The van der Waals surface area contributed by atoms with Gasteiger partial charge in [-0.2, -0.15) is 5.10 Å². The summed E-state index contributed by atoms with van der Waals surface area (Å²) < 4.78 is 35.2. The van der Waals surface area contributed by atoms with Crippen LogP contribution in [0.2, 0.25) is 10.0 Å². The van der Waals surface area contributed by atoms with E-state index >= 15 is 0 Å². The van der Waals surface area contributed by atoms with Crippen LogP contribution in [-0.4, -0.2) is 24.8 Å². The molecule has 0 atom stereocenters. The van der Waals surface area contributed by atoms with Crippen LogP contribution in [0.4, 0.5) is 5.82 Å². The highest BCUT2D eigenvalue weighted by atomic mass is 79.9. The Morgan fingerprint density at radius 3 is 2.50 bits per heavy atom. The van der Waals surface area contributed by atoms with E-state index in [9.17, 15) is 8.42 Å². The largest absolute Gasteiger partial charge is 0.494 e. The van der Waals surface area contributed by atoms with Crippen molar-refractivity contribution in [3.63, 3.8) is 0 Å². The second-order valence-corrected chi connectivity index (χ2v) is 9.13. The third kappa shape index (κ3) is 5.00. The van der Waals surface area contributed by atoms with Crippen LogP contribution >= 0.6 is 39.1 Å². The second-order valence-electron chi connectivity index (χ2n) is 5.78. The Bertz CT molecular complexity index is 1090. The predicted octanol–water partition coefficient (Wildman–Crippen LogP) is 5.20. The molecule has 0 radical (unpaired) electrons. The van der Waals surface area contributed by atoms with Crippen molar-refractivity contribution in [2.45, 2.75) is 18.4 Å². The molecule has 0 unspecified atom stereocenters. The van der Waals surface area contributed by atoms with E-state index in [2.05, 4.69) is 25.8 Å². The van der Waals surface area contributed by atoms with E-state index in [1.807, 2.05) is 13.0 Å². The van der Waals surface area contributed by atoms with Gasteiger partial charge in [0.2, 0.25) is 0 Å². The van der Waals surface area contributed by atoms with Gasteiger partial charge in [0.25, 0.3) is 10.0 Å². The van der Waals surface area contributed by atoms with Gasteiger partial charge in [-0.3, -0.25) is 9.40 Å². The zero-order valence-electron chi connectivity index (χ0n) is 14.7. The van der Waals surface area contributed by atoms with E-state index in [0.29, 0.717) is 33.4 Å². The van der Waals surface area contributed by atoms with Crippen molar-refractivity contribution >= 4 is 55.0 Å². The quantitative estimate of drug-likeness (QED) is 0.479. The normalized spacial score (nSPS) is 11.4. The maximum absolute atomic E-state index is 12.6. The van der Waals surface area contributed by atoms with Gasteiger partial charge in [0.15, 0.2) is 5.82 Å². The van der Waals surface area contributed by atoms with Gasteiger partial charge >= 0.3 is 0 Å². The molecule has 10 heteroatoms. The average molecular weight is 505 g/mol. The van der Waals surface area contributed by atoms with Crippen molar-refractivity contribution in [2.75, 3.05) is 11.3 Å². The molecule has 1 N–H and O–H groups in total. The molecule has 28 heavy (non-hydrogen) atoms. The summed E-state index contributed by atoms with van der Waals surface area (Å²) in [6.07, 6.45) is 1.68. The van der Waals surface area contributed by atoms with Crippen LogP contribution in [-0.2, 0) is 16.6 Å². The van der Waals surface area contributed by atoms with Gasteiger partial charge in [0.1, 0.15) is 5.75 Å². The molecule has 148 valence electrons. The Morgan fingerprint density at radius 2 is 1.86 bits per heavy atom. The van der Waals surface area contributed by atoms with Crippen LogP contribution in [0.15, 0.2) is 58.0 Å².